The van der Waals surface area contributed by atoms with Crippen molar-refractivity contribution >= 4 is 5.97 Å². The average Bonchev–Trinajstić information content (AvgIpc) is 2.98. The summed E-state index contributed by atoms with van der Waals surface area (Å²) in [6.45, 7) is 0. The Bertz CT molecular complexity index is 315. The Balaban J connectivity index is 2.18. The summed E-state index contributed by atoms with van der Waals surface area (Å²) in [5.74, 6) is 0.0849. The highest BCUT2D eigenvalue weighted by atomic mass is 16.5. The maximum Gasteiger partial charge on any atom is 0.337 e. The second kappa shape index (κ2) is 3.46. The monoisotopic (exact) mass is 195 g/mol. The van der Waals surface area contributed by atoms with Crippen molar-refractivity contribution in [3.63, 3.8) is 0 Å². The molecular weight excluding hydrogens is 182 g/mol. The average molecular weight is 195 g/mol. The van der Waals surface area contributed by atoms with Crippen LogP contribution in [0, 0.1) is 5.92 Å². The summed E-state index contributed by atoms with van der Waals surface area (Å²) in [6.07, 6.45) is 4.69. The molecule has 1 aliphatic carbocycles. The normalized spacial score (nSPS) is 26.0. The molecule has 4 heteroatoms. The fourth-order valence-electron chi connectivity index (χ4n) is 1.51. The van der Waals surface area contributed by atoms with Crippen molar-refractivity contribution in [2.45, 2.75) is 19.1 Å². The van der Waals surface area contributed by atoms with Crippen LogP contribution in [0.3, 0.4) is 0 Å². The number of hydrogen-bond acceptors (Lipinski definition) is 4. The largest absolute Gasteiger partial charge is 0.465 e. The third kappa shape index (κ3) is 1.80. The highest BCUT2D eigenvalue weighted by Crippen LogP contribution is 2.36. The van der Waals surface area contributed by atoms with E-state index in [1.807, 2.05) is 0 Å². The van der Waals surface area contributed by atoms with Crippen LogP contribution >= 0.6 is 0 Å². The summed E-state index contributed by atoms with van der Waals surface area (Å²) < 4.78 is 4.60. The Morgan fingerprint density at radius 2 is 2.36 bits per heavy atom. The minimum absolute atomic E-state index is 0.399. The molecule has 0 aromatic rings. The van der Waals surface area contributed by atoms with Crippen LogP contribution in [0.1, 0.15) is 12.8 Å². The lowest BCUT2D eigenvalue weighted by molar-refractivity contribution is -0.135. The van der Waals surface area contributed by atoms with E-state index in [1.54, 1.807) is 6.08 Å². The zero-order valence-corrected chi connectivity index (χ0v) is 7.99. The van der Waals surface area contributed by atoms with Crippen LogP contribution in [0.4, 0.5) is 0 Å². The minimum Gasteiger partial charge on any atom is -0.465 e. The molecule has 0 aromatic carbocycles. The van der Waals surface area contributed by atoms with E-state index in [-0.39, 0.29) is 0 Å². The number of carbonyl (C=O) groups excluding carboxylic acids is 1. The molecule has 1 atom stereocenters. The van der Waals surface area contributed by atoms with Crippen LogP contribution in [0.2, 0.25) is 0 Å². The van der Waals surface area contributed by atoms with Gasteiger partial charge < -0.3 is 15.2 Å². The number of methoxy groups -OCH3 is 1. The molecule has 0 bridgehead atoms. The smallest absolute Gasteiger partial charge is 0.337 e. The van der Waals surface area contributed by atoms with Crippen molar-refractivity contribution in [2.75, 3.05) is 7.11 Å². The topological polar surface area (TPSA) is 58.6 Å². The van der Waals surface area contributed by atoms with Gasteiger partial charge in [0.1, 0.15) is 6.23 Å². The number of rotatable bonds is 2. The highest BCUT2D eigenvalue weighted by Gasteiger charge is 2.29. The van der Waals surface area contributed by atoms with Crippen LogP contribution in [0.5, 0.6) is 0 Å². The summed E-state index contributed by atoms with van der Waals surface area (Å²) in [5, 5.41) is 12.4. The van der Waals surface area contributed by atoms with E-state index in [2.05, 4.69) is 10.1 Å². The maximum absolute atomic E-state index is 11.2. The molecule has 1 heterocycles. The van der Waals surface area contributed by atoms with E-state index in [0.29, 0.717) is 11.5 Å². The summed E-state index contributed by atoms with van der Waals surface area (Å²) in [7, 11) is 1.34. The number of esters is 1. The third-order valence-electron chi connectivity index (χ3n) is 2.40. The molecule has 0 radical (unpaired) electrons. The van der Waals surface area contributed by atoms with Gasteiger partial charge >= 0.3 is 5.97 Å². The molecule has 76 valence electrons. The number of carbonyl (C=O) groups is 1. The molecule has 2 rings (SSSR count). The van der Waals surface area contributed by atoms with E-state index >= 15 is 0 Å². The van der Waals surface area contributed by atoms with Gasteiger partial charge in [0, 0.05) is 5.70 Å². The second-order valence-electron chi connectivity index (χ2n) is 3.58. The molecule has 0 aromatic heterocycles. The lowest BCUT2D eigenvalue weighted by Crippen LogP contribution is -2.31. The molecule has 1 saturated carbocycles. The van der Waals surface area contributed by atoms with Crippen molar-refractivity contribution in [3.8, 4) is 0 Å². The summed E-state index contributed by atoms with van der Waals surface area (Å²) in [6, 6.07) is 0. The zero-order valence-electron chi connectivity index (χ0n) is 7.99. The molecule has 0 amide bonds. The summed E-state index contributed by atoms with van der Waals surface area (Å²) >= 11 is 0. The number of nitrogens with one attached hydrogen (secondary N) is 1. The predicted molar refractivity (Wildman–Crippen MR) is 50.0 cm³/mol. The molecule has 1 unspecified atom stereocenters. The van der Waals surface area contributed by atoms with Gasteiger partial charge in [-0.1, -0.05) is 0 Å². The predicted octanol–water partition coefficient (Wildman–Crippen LogP) is 0.301. The first-order valence-electron chi connectivity index (χ1n) is 4.67. The van der Waals surface area contributed by atoms with Gasteiger partial charge in [-0.05, 0) is 30.9 Å². The molecule has 1 fully saturated rings. The third-order valence-corrected chi connectivity index (χ3v) is 2.40. The maximum atomic E-state index is 11.2. The molecular formula is C10H13NO3. The van der Waals surface area contributed by atoms with Crippen LogP contribution < -0.4 is 5.32 Å². The number of aliphatic hydroxyl groups excluding tert-OH is 1. The van der Waals surface area contributed by atoms with Crippen LogP contribution in [0.15, 0.2) is 23.4 Å². The quantitative estimate of drug-likeness (QED) is 0.622. The Kier molecular flexibility index (Phi) is 2.29. The van der Waals surface area contributed by atoms with Crippen molar-refractivity contribution < 1.29 is 14.6 Å². The van der Waals surface area contributed by atoms with Gasteiger partial charge in [0.2, 0.25) is 0 Å². The van der Waals surface area contributed by atoms with E-state index in [1.165, 1.54) is 13.2 Å². The van der Waals surface area contributed by atoms with E-state index < -0.39 is 12.2 Å². The SMILES string of the molecule is COC(=O)C1=CC(O)NC(C2CC2)=C1. The molecule has 1 aliphatic heterocycles. The molecule has 4 nitrogen and oxygen atoms in total. The molecule has 0 saturated heterocycles. The lowest BCUT2D eigenvalue weighted by atomic mass is 10.1. The fourth-order valence-corrected chi connectivity index (χ4v) is 1.51. The minimum atomic E-state index is -0.773. The van der Waals surface area contributed by atoms with Gasteiger partial charge in [0.15, 0.2) is 0 Å². The zero-order chi connectivity index (χ0) is 10.1. The molecule has 0 spiro atoms. The number of hydrogen-bond donors (Lipinski definition) is 2. The van der Waals surface area contributed by atoms with Gasteiger partial charge in [-0.15, -0.1) is 0 Å². The standard InChI is InChI=1S/C10H13NO3/c1-14-10(13)7-4-8(6-2-3-6)11-9(12)5-7/h4-6,9,11-12H,2-3H2,1H3. The van der Waals surface area contributed by atoms with E-state index in [0.717, 1.165) is 18.5 Å². The summed E-state index contributed by atoms with van der Waals surface area (Å²) in [4.78, 5) is 11.2. The van der Waals surface area contributed by atoms with Gasteiger partial charge in [0.25, 0.3) is 0 Å². The number of ether oxygens (including phenoxy) is 1. The Labute approximate surface area is 82.3 Å². The Morgan fingerprint density at radius 3 is 2.93 bits per heavy atom. The van der Waals surface area contributed by atoms with Crippen molar-refractivity contribution in [1.29, 1.82) is 0 Å². The van der Waals surface area contributed by atoms with E-state index in [9.17, 15) is 9.90 Å². The first-order chi connectivity index (χ1) is 6.70. The van der Waals surface area contributed by atoms with Gasteiger partial charge in [-0.2, -0.15) is 0 Å². The van der Waals surface area contributed by atoms with Gasteiger partial charge in [-0.25, -0.2) is 4.79 Å². The first-order valence-corrected chi connectivity index (χ1v) is 4.67. The Morgan fingerprint density at radius 1 is 1.64 bits per heavy atom. The number of allylic oxidation sites excluding steroid dienone is 1. The van der Waals surface area contributed by atoms with E-state index in [4.69, 9.17) is 0 Å². The van der Waals surface area contributed by atoms with Crippen LogP contribution in [0.25, 0.3) is 0 Å². The number of aliphatic hydroxyl groups is 1. The lowest BCUT2D eigenvalue weighted by Gasteiger charge is -2.19. The van der Waals surface area contributed by atoms with Crippen LogP contribution in [-0.4, -0.2) is 24.4 Å². The van der Waals surface area contributed by atoms with Gasteiger partial charge in [0.05, 0.1) is 12.7 Å². The van der Waals surface area contributed by atoms with Crippen molar-refractivity contribution in [3.05, 3.63) is 23.4 Å². The van der Waals surface area contributed by atoms with Gasteiger partial charge in [-0.3, -0.25) is 0 Å². The second-order valence-corrected chi connectivity index (χ2v) is 3.58. The van der Waals surface area contributed by atoms with Crippen molar-refractivity contribution in [1.82, 2.24) is 5.32 Å². The van der Waals surface area contributed by atoms with Crippen LogP contribution in [-0.2, 0) is 9.53 Å². The fraction of sp³-hybridized carbons (Fsp3) is 0.500. The highest BCUT2D eigenvalue weighted by molar-refractivity contribution is 5.92. The Hall–Kier alpha value is -1.29. The number of dihydropyridines is 1. The molecule has 2 N–H and O–H groups in total. The molecule has 14 heavy (non-hydrogen) atoms. The molecule has 2 aliphatic rings. The summed E-state index contributed by atoms with van der Waals surface area (Å²) in [5.41, 5.74) is 1.38. The van der Waals surface area contributed by atoms with Crippen molar-refractivity contribution in [2.24, 2.45) is 5.92 Å². The first kappa shape index (κ1) is 9.27.